The van der Waals surface area contributed by atoms with Crippen LogP contribution in [0, 0.1) is 0 Å². The first kappa shape index (κ1) is 9.66. The molecule has 0 aliphatic carbocycles. The van der Waals surface area contributed by atoms with Gasteiger partial charge in [-0.1, -0.05) is 0 Å². The Balaban J connectivity index is 3.49. The summed E-state index contributed by atoms with van der Waals surface area (Å²) in [5.41, 5.74) is 0. The Bertz CT molecular complexity index is 125. The normalized spacial score (nSPS) is 8.55. The van der Waals surface area contributed by atoms with Gasteiger partial charge in [0.15, 0.2) is 0 Å². The molecule has 64 valence electrons. The highest BCUT2D eigenvalue weighted by Crippen LogP contribution is 1.89. The maximum absolute atomic E-state index is 10.2. The molecule has 0 aromatic rings. The van der Waals surface area contributed by atoms with E-state index in [1.807, 2.05) is 0 Å². The molecule has 0 saturated carbocycles. The van der Waals surface area contributed by atoms with E-state index in [9.17, 15) is 9.59 Å². The summed E-state index contributed by atoms with van der Waals surface area (Å²) in [6.45, 7) is 0. The zero-order valence-electron chi connectivity index (χ0n) is 5.86. The highest BCUT2D eigenvalue weighted by molar-refractivity contribution is 5.76. The van der Waals surface area contributed by atoms with Gasteiger partial charge in [-0.05, 0) is 0 Å². The third-order valence-corrected chi connectivity index (χ3v) is 0.469. The maximum Gasteiger partial charge on any atom is 0.550 e. The molecule has 0 bridgehead atoms. The van der Waals surface area contributed by atoms with Crippen molar-refractivity contribution in [1.82, 2.24) is 0 Å². The van der Waals surface area contributed by atoms with Gasteiger partial charge in [-0.15, -0.1) is 0 Å². The zero-order chi connectivity index (χ0) is 8.69. The minimum absolute atomic E-state index is 1.07. The summed E-state index contributed by atoms with van der Waals surface area (Å²) in [5, 5.41) is 0. The van der Waals surface area contributed by atoms with Gasteiger partial charge in [0.2, 0.25) is 0 Å². The lowest BCUT2D eigenvalue weighted by molar-refractivity contribution is -0.249. The molecule has 0 spiro atoms. The van der Waals surface area contributed by atoms with Crippen LogP contribution in [-0.4, -0.2) is 26.5 Å². The third kappa shape index (κ3) is 5.12. The monoisotopic (exact) mass is 166 g/mol. The van der Waals surface area contributed by atoms with Crippen molar-refractivity contribution in [2.75, 3.05) is 14.2 Å². The van der Waals surface area contributed by atoms with Crippen molar-refractivity contribution in [2.24, 2.45) is 0 Å². The van der Waals surface area contributed by atoms with Gasteiger partial charge in [0.1, 0.15) is 0 Å². The van der Waals surface area contributed by atoms with Gasteiger partial charge in [-0.25, -0.2) is 9.59 Å². The smallest absolute Gasteiger partial charge is 0.323 e. The van der Waals surface area contributed by atoms with Crippen LogP contribution in [0.1, 0.15) is 0 Å². The molecule has 11 heavy (non-hydrogen) atoms. The average molecular weight is 166 g/mol. The van der Waals surface area contributed by atoms with E-state index in [-0.39, 0.29) is 0 Å². The highest BCUT2D eigenvalue weighted by Gasteiger charge is 2.13. The minimum Gasteiger partial charge on any atom is -0.323 e. The first-order valence-electron chi connectivity index (χ1n) is 2.37. The molecule has 0 unspecified atom stereocenters. The van der Waals surface area contributed by atoms with Crippen molar-refractivity contribution in [1.29, 1.82) is 0 Å². The predicted molar refractivity (Wildman–Crippen MR) is 28.1 cm³/mol. The molecule has 0 aromatic heterocycles. The van der Waals surface area contributed by atoms with Crippen molar-refractivity contribution in [3.8, 4) is 0 Å². The van der Waals surface area contributed by atoms with E-state index in [0.717, 1.165) is 14.2 Å². The Labute approximate surface area is 61.6 Å². The van der Waals surface area contributed by atoms with Gasteiger partial charge < -0.3 is 4.74 Å². The first-order chi connectivity index (χ1) is 5.20. The molecule has 0 heterocycles. The summed E-state index contributed by atoms with van der Waals surface area (Å²) >= 11 is 0. The van der Waals surface area contributed by atoms with Crippen LogP contribution in [0.5, 0.6) is 0 Å². The lowest BCUT2D eigenvalue weighted by atomic mass is 11.3. The van der Waals surface area contributed by atoms with Gasteiger partial charge in [-0.3, -0.25) is 9.78 Å². The van der Waals surface area contributed by atoms with E-state index < -0.39 is 12.3 Å². The molecule has 0 aromatic carbocycles. The molecule has 7 nitrogen and oxygen atoms in total. The molecule has 0 fully saturated rings. The fourth-order valence-corrected chi connectivity index (χ4v) is 0.238. The Morgan fingerprint density at radius 3 is 1.55 bits per heavy atom. The van der Waals surface area contributed by atoms with Gasteiger partial charge in [0.05, 0.1) is 14.2 Å². The van der Waals surface area contributed by atoms with Crippen molar-refractivity contribution in [3.63, 3.8) is 0 Å². The van der Waals surface area contributed by atoms with Crippen LogP contribution < -0.4 is 0 Å². The van der Waals surface area contributed by atoms with Gasteiger partial charge >= 0.3 is 12.3 Å². The second kappa shape index (κ2) is 5.45. The average Bonchev–Trinajstić information content (AvgIpc) is 1.87. The van der Waals surface area contributed by atoms with E-state index in [0.29, 0.717) is 0 Å². The number of hydrogen-bond donors (Lipinski definition) is 0. The molecule has 0 radical (unpaired) electrons. The molecule has 0 atom stereocenters. The predicted octanol–water partition coefficient (Wildman–Crippen LogP) is 0.399. The fraction of sp³-hybridized carbons (Fsp3) is 0.500. The maximum atomic E-state index is 10.2. The summed E-state index contributed by atoms with van der Waals surface area (Å²) in [4.78, 5) is 35.6. The Morgan fingerprint density at radius 2 is 1.27 bits per heavy atom. The Morgan fingerprint density at radius 1 is 0.909 bits per heavy atom. The van der Waals surface area contributed by atoms with Crippen LogP contribution in [0.2, 0.25) is 0 Å². The topological polar surface area (TPSA) is 80.3 Å². The molecule has 0 aliphatic heterocycles. The van der Waals surface area contributed by atoms with Gasteiger partial charge in [-0.2, -0.15) is 9.78 Å². The molecule has 0 rings (SSSR count). The van der Waals surface area contributed by atoms with E-state index in [1.165, 1.54) is 0 Å². The van der Waals surface area contributed by atoms with Crippen molar-refractivity contribution in [2.45, 2.75) is 0 Å². The first-order valence-corrected chi connectivity index (χ1v) is 2.37. The second-order valence-electron chi connectivity index (χ2n) is 1.10. The zero-order valence-corrected chi connectivity index (χ0v) is 5.86. The summed E-state index contributed by atoms with van der Waals surface area (Å²) in [6, 6.07) is 0. The van der Waals surface area contributed by atoms with E-state index in [2.05, 4.69) is 24.3 Å². The molecule has 0 saturated heterocycles. The van der Waals surface area contributed by atoms with Crippen molar-refractivity contribution < 1.29 is 33.9 Å². The SMILES string of the molecule is COOC(=O)OC(=O)OOC. The van der Waals surface area contributed by atoms with Crippen LogP contribution in [0.4, 0.5) is 9.59 Å². The summed E-state index contributed by atoms with van der Waals surface area (Å²) in [7, 11) is 2.14. The Hall–Kier alpha value is -1.34. The van der Waals surface area contributed by atoms with Crippen LogP contribution in [0.15, 0.2) is 0 Å². The third-order valence-electron chi connectivity index (χ3n) is 0.469. The molecule has 0 aliphatic rings. The second-order valence-corrected chi connectivity index (χ2v) is 1.10. The number of rotatable bonds is 2. The number of carbonyl (C=O) groups excluding carboxylic acids is 2. The molecular weight excluding hydrogens is 160 g/mol. The Kier molecular flexibility index (Phi) is 4.78. The molecule has 7 heteroatoms. The number of hydrogen-bond acceptors (Lipinski definition) is 7. The number of ether oxygens (including phenoxy) is 1. The standard InChI is InChI=1S/C4H6O7/c1-7-10-3(5)9-4(6)11-8-2/h1-2H3. The molecule has 0 amide bonds. The quantitative estimate of drug-likeness (QED) is 0.254. The highest BCUT2D eigenvalue weighted by atomic mass is 17.3. The summed E-state index contributed by atoms with van der Waals surface area (Å²) < 4.78 is 3.76. The van der Waals surface area contributed by atoms with Crippen molar-refractivity contribution >= 4 is 12.3 Å². The largest absolute Gasteiger partial charge is 0.550 e. The van der Waals surface area contributed by atoms with Crippen LogP contribution in [0.25, 0.3) is 0 Å². The molecular formula is C4H6O7. The van der Waals surface area contributed by atoms with Crippen LogP contribution >= 0.6 is 0 Å². The van der Waals surface area contributed by atoms with E-state index in [4.69, 9.17) is 0 Å². The minimum atomic E-state index is -1.34. The lowest BCUT2D eigenvalue weighted by Gasteiger charge is -1.98. The fourth-order valence-electron chi connectivity index (χ4n) is 0.238. The summed E-state index contributed by atoms with van der Waals surface area (Å²) in [6.07, 6.45) is -2.68. The van der Waals surface area contributed by atoms with E-state index >= 15 is 0 Å². The van der Waals surface area contributed by atoms with Gasteiger partial charge in [0, 0.05) is 0 Å². The van der Waals surface area contributed by atoms with Crippen LogP contribution in [0.3, 0.4) is 0 Å². The number of carbonyl (C=O) groups is 2. The summed E-state index contributed by atoms with van der Waals surface area (Å²) in [5.74, 6) is 0. The van der Waals surface area contributed by atoms with Crippen molar-refractivity contribution in [3.05, 3.63) is 0 Å². The lowest BCUT2D eigenvalue weighted by Crippen LogP contribution is -2.14. The van der Waals surface area contributed by atoms with Gasteiger partial charge in [0.25, 0.3) is 0 Å². The van der Waals surface area contributed by atoms with Crippen LogP contribution in [-0.2, 0) is 24.3 Å². The van der Waals surface area contributed by atoms with E-state index in [1.54, 1.807) is 0 Å². The molecule has 0 N–H and O–H groups in total.